The van der Waals surface area contributed by atoms with Crippen molar-refractivity contribution in [1.29, 1.82) is 0 Å². The Hall–Kier alpha value is -2.86. The molecule has 0 bridgehead atoms. The van der Waals surface area contributed by atoms with Crippen LogP contribution in [-0.2, 0) is 4.74 Å². The molecular weight excluding hydrogens is 390 g/mol. The zero-order chi connectivity index (χ0) is 21.8. The predicted octanol–water partition coefficient (Wildman–Crippen LogP) is 4.43. The lowest BCUT2D eigenvalue weighted by atomic mass is 9.89. The van der Waals surface area contributed by atoms with Gasteiger partial charge in [0.15, 0.2) is 5.78 Å². The number of hydrogen-bond donors (Lipinski definition) is 1. The first-order valence-corrected chi connectivity index (χ1v) is 11.2. The van der Waals surface area contributed by atoms with Gasteiger partial charge in [0.25, 0.3) is 0 Å². The molecule has 164 valence electrons. The van der Waals surface area contributed by atoms with Crippen molar-refractivity contribution in [3.63, 3.8) is 0 Å². The van der Waals surface area contributed by atoms with E-state index in [1.54, 1.807) is 0 Å². The first kappa shape index (κ1) is 21.4. The highest BCUT2D eigenvalue weighted by molar-refractivity contribution is 5.98. The molecule has 2 saturated heterocycles. The molecular formula is C25H31N3O3. The van der Waals surface area contributed by atoms with Gasteiger partial charge in [-0.25, -0.2) is 4.79 Å². The second kappa shape index (κ2) is 9.52. The number of benzene rings is 2. The van der Waals surface area contributed by atoms with E-state index in [4.69, 9.17) is 4.74 Å². The van der Waals surface area contributed by atoms with Crippen LogP contribution in [0.4, 0.5) is 16.2 Å². The molecule has 0 spiro atoms. The summed E-state index contributed by atoms with van der Waals surface area (Å²) in [6.07, 6.45) is 1.69. The van der Waals surface area contributed by atoms with Crippen molar-refractivity contribution < 1.29 is 14.3 Å². The first-order valence-electron chi connectivity index (χ1n) is 11.2. The maximum absolute atomic E-state index is 13.0. The van der Waals surface area contributed by atoms with E-state index >= 15 is 0 Å². The van der Waals surface area contributed by atoms with Gasteiger partial charge in [-0.1, -0.05) is 42.5 Å². The topological polar surface area (TPSA) is 61.9 Å². The number of carbonyl (C=O) groups excluding carboxylic acids is 2. The number of para-hydroxylation sites is 2. The fourth-order valence-electron chi connectivity index (χ4n) is 4.61. The molecule has 2 aliphatic rings. The number of likely N-dealkylation sites (tertiary alicyclic amines) is 1. The number of hydrogen-bond acceptors (Lipinski definition) is 4. The lowest BCUT2D eigenvalue weighted by Gasteiger charge is -2.38. The van der Waals surface area contributed by atoms with Crippen LogP contribution in [-0.4, -0.2) is 55.1 Å². The van der Waals surface area contributed by atoms with E-state index in [0.717, 1.165) is 30.0 Å². The predicted molar refractivity (Wildman–Crippen MR) is 123 cm³/mol. The number of anilines is 2. The van der Waals surface area contributed by atoms with Crippen LogP contribution >= 0.6 is 0 Å². The third kappa shape index (κ3) is 5.07. The highest BCUT2D eigenvalue weighted by Crippen LogP contribution is 2.29. The minimum atomic E-state index is -0.104. The van der Waals surface area contributed by atoms with Crippen molar-refractivity contribution >= 4 is 23.2 Å². The molecule has 1 N–H and O–H groups in total. The minimum absolute atomic E-state index is 0.0185. The molecule has 2 aromatic carbocycles. The van der Waals surface area contributed by atoms with E-state index in [1.807, 2.05) is 59.5 Å². The summed E-state index contributed by atoms with van der Waals surface area (Å²) in [5.74, 6) is 0.164. The van der Waals surface area contributed by atoms with E-state index in [-0.39, 0.29) is 29.9 Å². The standard InChI is InChI=1S/C25H31N3O3/c1-18-16-28(17-19(2)31-18)23-11-7-6-10-22(23)26-25(30)27-14-12-21(13-15-27)24(29)20-8-4-3-5-9-20/h3-11,18-19,21H,12-17H2,1-2H3,(H,26,30). The lowest BCUT2D eigenvalue weighted by Crippen LogP contribution is -2.46. The van der Waals surface area contributed by atoms with E-state index in [9.17, 15) is 9.59 Å². The van der Waals surface area contributed by atoms with E-state index in [2.05, 4.69) is 24.1 Å². The summed E-state index contributed by atoms with van der Waals surface area (Å²) in [7, 11) is 0. The van der Waals surface area contributed by atoms with Crippen LogP contribution in [0.1, 0.15) is 37.0 Å². The summed E-state index contributed by atoms with van der Waals surface area (Å²) in [4.78, 5) is 29.8. The third-order valence-electron chi connectivity index (χ3n) is 6.12. The van der Waals surface area contributed by atoms with Crippen LogP contribution in [0.5, 0.6) is 0 Å². The quantitative estimate of drug-likeness (QED) is 0.742. The summed E-state index contributed by atoms with van der Waals surface area (Å²) in [5, 5.41) is 3.10. The monoisotopic (exact) mass is 421 g/mol. The Bertz CT molecular complexity index is 899. The summed E-state index contributed by atoms with van der Waals surface area (Å²) in [5.41, 5.74) is 2.59. The number of nitrogens with zero attached hydrogens (tertiary/aromatic N) is 2. The second-order valence-corrected chi connectivity index (χ2v) is 8.60. The van der Waals surface area contributed by atoms with Crippen molar-refractivity contribution in [1.82, 2.24) is 4.90 Å². The van der Waals surface area contributed by atoms with Crippen LogP contribution in [0.25, 0.3) is 0 Å². The summed E-state index contributed by atoms with van der Waals surface area (Å²) >= 11 is 0. The Morgan fingerprint density at radius 3 is 2.19 bits per heavy atom. The molecule has 4 rings (SSSR count). The van der Waals surface area contributed by atoms with Crippen molar-refractivity contribution in [2.45, 2.75) is 38.9 Å². The normalized spacial score (nSPS) is 22.3. The maximum Gasteiger partial charge on any atom is 0.321 e. The summed E-state index contributed by atoms with van der Waals surface area (Å²) < 4.78 is 5.85. The van der Waals surface area contributed by atoms with Crippen LogP contribution in [0.3, 0.4) is 0 Å². The highest BCUT2D eigenvalue weighted by atomic mass is 16.5. The fraction of sp³-hybridized carbons (Fsp3) is 0.440. The Morgan fingerprint density at radius 2 is 1.52 bits per heavy atom. The molecule has 2 atom stereocenters. The Morgan fingerprint density at radius 1 is 0.903 bits per heavy atom. The zero-order valence-corrected chi connectivity index (χ0v) is 18.3. The molecule has 2 fully saturated rings. The number of ketones is 1. The molecule has 2 aromatic rings. The van der Waals surface area contributed by atoms with Gasteiger partial charge in [0.1, 0.15) is 0 Å². The van der Waals surface area contributed by atoms with Gasteiger partial charge in [0.05, 0.1) is 23.6 Å². The van der Waals surface area contributed by atoms with Crippen molar-refractivity contribution in [2.75, 3.05) is 36.4 Å². The average molecular weight is 422 g/mol. The summed E-state index contributed by atoms with van der Waals surface area (Å²) in [6, 6.07) is 17.3. The number of ether oxygens (including phenoxy) is 1. The Kier molecular flexibility index (Phi) is 6.56. The molecule has 0 saturated carbocycles. The fourth-order valence-corrected chi connectivity index (χ4v) is 4.61. The molecule has 0 aromatic heterocycles. The van der Waals surface area contributed by atoms with Gasteiger partial charge in [-0.2, -0.15) is 0 Å². The molecule has 2 heterocycles. The highest BCUT2D eigenvalue weighted by Gasteiger charge is 2.29. The van der Waals surface area contributed by atoms with Gasteiger partial charge >= 0.3 is 6.03 Å². The van der Waals surface area contributed by atoms with E-state index < -0.39 is 0 Å². The largest absolute Gasteiger partial charge is 0.372 e. The molecule has 6 nitrogen and oxygen atoms in total. The number of Topliss-reactive ketones (excluding diaryl/α,β-unsaturated/α-hetero) is 1. The first-order chi connectivity index (χ1) is 15.0. The molecule has 6 heteroatoms. The van der Waals surface area contributed by atoms with Crippen LogP contribution in [0.2, 0.25) is 0 Å². The molecule has 2 aliphatic heterocycles. The van der Waals surface area contributed by atoms with Gasteiger partial charge in [-0.3, -0.25) is 4.79 Å². The molecule has 0 radical (unpaired) electrons. The number of carbonyl (C=O) groups is 2. The molecule has 31 heavy (non-hydrogen) atoms. The smallest absolute Gasteiger partial charge is 0.321 e. The number of morpholine rings is 1. The van der Waals surface area contributed by atoms with Crippen molar-refractivity contribution in [2.24, 2.45) is 5.92 Å². The summed E-state index contributed by atoms with van der Waals surface area (Å²) in [6.45, 7) is 6.91. The molecule has 2 amide bonds. The van der Waals surface area contributed by atoms with Gasteiger partial charge in [0, 0.05) is 37.7 Å². The second-order valence-electron chi connectivity index (χ2n) is 8.60. The number of urea groups is 1. The minimum Gasteiger partial charge on any atom is -0.372 e. The molecule has 2 unspecified atom stereocenters. The number of nitrogens with one attached hydrogen (secondary N) is 1. The van der Waals surface area contributed by atoms with Gasteiger partial charge in [0.2, 0.25) is 0 Å². The number of rotatable bonds is 4. The van der Waals surface area contributed by atoms with Crippen LogP contribution in [0.15, 0.2) is 54.6 Å². The SMILES string of the molecule is CC1CN(c2ccccc2NC(=O)N2CCC(C(=O)c3ccccc3)CC2)CC(C)O1. The van der Waals surface area contributed by atoms with Crippen molar-refractivity contribution in [3.8, 4) is 0 Å². The number of amides is 2. The Labute approximate surface area is 184 Å². The van der Waals surface area contributed by atoms with Crippen molar-refractivity contribution in [3.05, 3.63) is 60.2 Å². The number of piperidine rings is 1. The maximum atomic E-state index is 13.0. The average Bonchev–Trinajstić information content (AvgIpc) is 2.79. The zero-order valence-electron chi connectivity index (χ0n) is 18.3. The van der Waals surface area contributed by atoms with Gasteiger partial charge in [-0.15, -0.1) is 0 Å². The van der Waals surface area contributed by atoms with Crippen LogP contribution in [0, 0.1) is 5.92 Å². The van der Waals surface area contributed by atoms with Crippen LogP contribution < -0.4 is 10.2 Å². The lowest BCUT2D eigenvalue weighted by molar-refractivity contribution is -0.00517. The van der Waals surface area contributed by atoms with E-state index in [0.29, 0.717) is 25.9 Å². The van der Waals surface area contributed by atoms with E-state index in [1.165, 1.54) is 0 Å². The van der Waals surface area contributed by atoms with Gasteiger partial charge < -0.3 is 19.9 Å². The Balaban J connectivity index is 1.37. The third-order valence-corrected chi connectivity index (χ3v) is 6.12. The van der Waals surface area contributed by atoms with Gasteiger partial charge in [-0.05, 0) is 38.8 Å². The molecule has 0 aliphatic carbocycles.